The molecule has 0 aliphatic rings. The number of rotatable bonds is 2. The molecule has 13 heavy (non-hydrogen) atoms. The van der Waals surface area contributed by atoms with Crippen LogP contribution in [0, 0.1) is 5.92 Å². The van der Waals surface area contributed by atoms with Gasteiger partial charge in [-0.1, -0.05) is 13.8 Å². The first-order valence-electron chi connectivity index (χ1n) is 4.06. The van der Waals surface area contributed by atoms with E-state index >= 15 is 0 Å². The molecule has 1 aromatic heterocycles. The lowest BCUT2D eigenvalue weighted by Gasteiger charge is -2.07. The lowest BCUT2D eigenvalue weighted by molar-refractivity contribution is -0.118. The molecule has 0 aliphatic heterocycles. The topological polar surface area (TPSA) is 62.2 Å². The monoisotopic (exact) mass is 180 g/mol. The van der Waals surface area contributed by atoms with Crippen LogP contribution in [0.15, 0.2) is 18.3 Å². The molecule has 0 saturated heterocycles. The van der Waals surface area contributed by atoms with Gasteiger partial charge in [0.15, 0.2) is 11.6 Å². The van der Waals surface area contributed by atoms with Crippen molar-refractivity contribution in [1.29, 1.82) is 0 Å². The maximum Gasteiger partial charge on any atom is 0.228 e. The van der Waals surface area contributed by atoms with Gasteiger partial charge in [0.05, 0.1) is 0 Å². The van der Waals surface area contributed by atoms with E-state index in [0.717, 1.165) is 0 Å². The predicted octanol–water partition coefficient (Wildman–Crippen LogP) is 1.38. The number of aromatic hydroxyl groups is 1. The first-order valence-corrected chi connectivity index (χ1v) is 4.06. The van der Waals surface area contributed by atoms with Crippen LogP contribution in [0.4, 0.5) is 5.82 Å². The Morgan fingerprint density at radius 2 is 2.31 bits per heavy atom. The maximum atomic E-state index is 11.2. The van der Waals surface area contributed by atoms with E-state index in [-0.39, 0.29) is 23.4 Å². The van der Waals surface area contributed by atoms with Crippen LogP contribution in [0.25, 0.3) is 0 Å². The number of carbonyl (C=O) groups is 1. The number of carbonyl (C=O) groups excluding carboxylic acids is 1. The number of pyridine rings is 1. The minimum absolute atomic E-state index is 0.0171. The Morgan fingerprint density at radius 1 is 1.62 bits per heavy atom. The third-order valence-electron chi connectivity index (χ3n) is 1.55. The molecule has 1 heterocycles. The molecule has 0 aromatic carbocycles. The highest BCUT2D eigenvalue weighted by atomic mass is 16.3. The van der Waals surface area contributed by atoms with Crippen LogP contribution in [0.2, 0.25) is 0 Å². The molecular weight excluding hydrogens is 168 g/mol. The van der Waals surface area contributed by atoms with Crippen molar-refractivity contribution in [2.75, 3.05) is 5.32 Å². The van der Waals surface area contributed by atoms with E-state index in [1.165, 1.54) is 12.3 Å². The molecule has 70 valence electrons. The SMILES string of the molecule is CC(C)C(=O)Nc1ncccc1O. The molecular formula is C9H12N2O2. The van der Waals surface area contributed by atoms with Crippen LogP contribution in [0.5, 0.6) is 5.75 Å². The van der Waals surface area contributed by atoms with Gasteiger partial charge >= 0.3 is 0 Å². The van der Waals surface area contributed by atoms with Crippen molar-refractivity contribution in [3.05, 3.63) is 18.3 Å². The van der Waals surface area contributed by atoms with Crippen molar-refractivity contribution >= 4 is 11.7 Å². The summed E-state index contributed by atoms with van der Waals surface area (Å²) >= 11 is 0. The molecule has 4 nitrogen and oxygen atoms in total. The zero-order valence-electron chi connectivity index (χ0n) is 7.61. The molecule has 1 aromatic rings. The van der Waals surface area contributed by atoms with E-state index in [1.807, 2.05) is 0 Å². The van der Waals surface area contributed by atoms with E-state index in [4.69, 9.17) is 0 Å². The molecule has 0 unspecified atom stereocenters. The predicted molar refractivity (Wildman–Crippen MR) is 49.4 cm³/mol. The summed E-state index contributed by atoms with van der Waals surface area (Å²) in [4.78, 5) is 15.0. The van der Waals surface area contributed by atoms with Crippen molar-refractivity contribution in [3.8, 4) is 5.75 Å². The number of nitrogens with one attached hydrogen (secondary N) is 1. The average Bonchev–Trinajstić information content (AvgIpc) is 2.08. The Kier molecular flexibility index (Phi) is 2.84. The summed E-state index contributed by atoms with van der Waals surface area (Å²) in [7, 11) is 0. The van der Waals surface area contributed by atoms with E-state index in [0.29, 0.717) is 0 Å². The Bertz CT molecular complexity index is 310. The molecule has 0 aliphatic carbocycles. The highest BCUT2D eigenvalue weighted by Crippen LogP contribution is 2.18. The summed E-state index contributed by atoms with van der Waals surface area (Å²) in [5, 5.41) is 11.8. The molecule has 0 atom stereocenters. The molecule has 1 amide bonds. The molecule has 0 fully saturated rings. The fourth-order valence-electron chi connectivity index (χ4n) is 0.754. The minimum Gasteiger partial charge on any atom is -0.504 e. The van der Waals surface area contributed by atoms with Crippen molar-refractivity contribution < 1.29 is 9.90 Å². The lowest BCUT2D eigenvalue weighted by atomic mass is 10.2. The van der Waals surface area contributed by atoms with Crippen molar-refractivity contribution in [3.63, 3.8) is 0 Å². The lowest BCUT2D eigenvalue weighted by Crippen LogP contribution is -2.18. The third kappa shape index (κ3) is 2.43. The van der Waals surface area contributed by atoms with Gasteiger partial charge in [-0.25, -0.2) is 4.98 Å². The van der Waals surface area contributed by atoms with Crippen LogP contribution in [-0.2, 0) is 4.79 Å². The zero-order chi connectivity index (χ0) is 9.84. The smallest absolute Gasteiger partial charge is 0.228 e. The quantitative estimate of drug-likeness (QED) is 0.722. The molecule has 0 bridgehead atoms. The van der Waals surface area contributed by atoms with E-state index in [9.17, 15) is 9.90 Å². The standard InChI is InChI=1S/C9H12N2O2/c1-6(2)9(13)11-8-7(12)4-3-5-10-8/h3-6,12H,1-2H3,(H,10,11,13). The second kappa shape index (κ2) is 3.89. The summed E-state index contributed by atoms with van der Waals surface area (Å²) < 4.78 is 0. The molecule has 0 radical (unpaired) electrons. The molecule has 0 spiro atoms. The highest BCUT2D eigenvalue weighted by molar-refractivity contribution is 5.92. The largest absolute Gasteiger partial charge is 0.504 e. The van der Waals surface area contributed by atoms with Gasteiger partial charge in [0.1, 0.15) is 0 Å². The molecule has 0 saturated carbocycles. The number of anilines is 1. The Balaban J connectivity index is 2.75. The van der Waals surface area contributed by atoms with Gasteiger partial charge in [0.2, 0.25) is 5.91 Å². The van der Waals surface area contributed by atoms with Crippen molar-refractivity contribution in [1.82, 2.24) is 4.98 Å². The Hall–Kier alpha value is -1.58. The van der Waals surface area contributed by atoms with Crippen LogP contribution in [0.1, 0.15) is 13.8 Å². The fraction of sp³-hybridized carbons (Fsp3) is 0.333. The first kappa shape index (κ1) is 9.51. The summed E-state index contributed by atoms with van der Waals surface area (Å²) in [6, 6.07) is 3.07. The molecule has 1 rings (SSSR count). The average molecular weight is 180 g/mol. The first-order chi connectivity index (χ1) is 6.11. The number of aromatic nitrogens is 1. The van der Waals surface area contributed by atoms with E-state index < -0.39 is 0 Å². The van der Waals surface area contributed by atoms with Gasteiger partial charge in [-0.2, -0.15) is 0 Å². The summed E-state index contributed by atoms with van der Waals surface area (Å²) in [6.45, 7) is 3.55. The maximum absolute atomic E-state index is 11.2. The summed E-state index contributed by atoms with van der Waals surface area (Å²) in [5.74, 6) is -0.0897. The molecule has 2 N–H and O–H groups in total. The van der Waals surface area contributed by atoms with Gasteiger partial charge in [0, 0.05) is 12.1 Å². The number of hydrogen-bond donors (Lipinski definition) is 2. The summed E-state index contributed by atoms with van der Waals surface area (Å²) in [5.41, 5.74) is 0. The van der Waals surface area contributed by atoms with E-state index in [2.05, 4.69) is 10.3 Å². The summed E-state index contributed by atoms with van der Waals surface area (Å²) in [6.07, 6.45) is 1.51. The Labute approximate surface area is 76.6 Å². The van der Waals surface area contributed by atoms with Crippen LogP contribution >= 0.6 is 0 Å². The van der Waals surface area contributed by atoms with Crippen LogP contribution < -0.4 is 5.32 Å². The van der Waals surface area contributed by atoms with Crippen molar-refractivity contribution in [2.24, 2.45) is 5.92 Å². The second-order valence-electron chi connectivity index (χ2n) is 3.02. The third-order valence-corrected chi connectivity index (χ3v) is 1.55. The molecule has 4 heteroatoms. The second-order valence-corrected chi connectivity index (χ2v) is 3.02. The zero-order valence-corrected chi connectivity index (χ0v) is 7.61. The normalized spacial score (nSPS) is 10.1. The van der Waals surface area contributed by atoms with Gasteiger partial charge in [-0.3, -0.25) is 4.79 Å². The van der Waals surface area contributed by atoms with E-state index in [1.54, 1.807) is 19.9 Å². The van der Waals surface area contributed by atoms with Gasteiger partial charge in [-0.05, 0) is 12.1 Å². The highest BCUT2D eigenvalue weighted by Gasteiger charge is 2.09. The van der Waals surface area contributed by atoms with Gasteiger partial charge in [-0.15, -0.1) is 0 Å². The van der Waals surface area contributed by atoms with Gasteiger partial charge in [0.25, 0.3) is 0 Å². The van der Waals surface area contributed by atoms with Crippen molar-refractivity contribution in [2.45, 2.75) is 13.8 Å². The Morgan fingerprint density at radius 3 is 2.85 bits per heavy atom. The number of nitrogens with zero attached hydrogens (tertiary/aromatic N) is 1. The number of amides is 1. The minimum atomic E-state index is -0.158. The van der Waals surface area contributed by atoms with Gasteiger partial charge < -0.3 is 10.4 Å². The fourth-order valence-corrected chi connectivity index (χ4v) is 0.754. The number of hydrogen-bond acceptors (Lipinski definition) is 3. The van der Waals surface area contributed by atoms with Crippen LogP contribution in [0.3, 0.4) is 0 Å². The van der Waals surface area contributed by atoms with Crippen LogP contribution in [-0.4, -0.2) is 16.0 Å².